The molecular formula is C10H5BrFNO3. The number of benzene rings is 1. The van der Waals surface area contributed by atoms with Crippen LogP contribution in [0.5, 0.6) is 0 Å². The van der Waals surface area contributed by atoms with Gasteiger partial charge in [-0.05, 0) is 34.1 Å². The van der Waals surface area contributed by atoms with E-state index in [1.165, 1.54) is 12.1 Å². The van der Waals surface area contributed by atoms with Gasteiger partial charge in [-0.15, -0.1) is 0 Å². The minimum atomic E-state index is -1.17. The molecule has 0 aliphatic rings. The number of carboxylic acids is 1. The summed E-state index contributed by atoms with van der Waals surface area (Å²) in [6.07, 6.45) is 1.08. The molecule has 0 amide bonds. The van der Waals surface area contributed by atoms with Gasteiger partial charge >= 0.3 is 5.97 Å². The number of hydrogen-bond donors (Lipinski definition) is 1. The van der Waals surface area contributed by atoms with E-state index in [-0.39, 0.29) is 11.3 Å². The van der Waals surface area contributed by atoms with Gasteiger partial charge in [-0.25, -0.2) is 9.18 Å². The predicted molar refractivity (Wildman–Crippen MR) is 56.6 cm³/mol. The van der Waals surface area contributed by atoms with Crippen LogP contribution in [0.3, 0.4) is 0 Å². The SMILES string of the molecule is O=C(O)c1cnoc1-c1ccc(Br)c(F)c1. The summed E-state index contributed by atoms with van der Waals surface area (Å²) < 4.78 is 18.3. The molecule has 0 aliphatic carbocycles. The molecule has 2 rings (SSSR count). The molecule has 0 saturated carbocycles. The first-order valence-electron chi connectivity index (χ1n) is 4.23. The predicted octanol–water partition coefficient (Wildman–Crippen LogP) is 2.94. The zero-order valence-electron chi connectivity index (χ0n) is 7.78. The second kappa shape index (κ2) is 4.05. The van der Waals surface area contributed by atoms with Crippen molar-refractivity contribution in [3.8, 4) is 11.3 Å². The maximum atomic E-state index is 13.2. The smallest absolute Gasteiger partial charge is 0.341 e. The van der Waals surface area contributed by atoms with Crippen molar-refractivity contribution < 1.29 is 18.8 Å². The van der Waals surface area contributed by atoms with Crippen LogP contribution in [0.1, 0.15) is 10.4 Å². The third kappa shape index (κ3) is 1.83. The van der Waals surface area contributed by atoms with Crippen LogP contribution in [0.2, 0.25) is 0 Å². The largest absolute Gasteiger partial charge is 0.477 e. The minimum Gasteiger partial charge on any atom is -0.477 e. The van der Waals surface area contributed by atoms with E-state index in [0.717, 1.165) is 6.20 Å². The van der Waals surface area contributed by atoms with Crippen LogP contribution >= 0.6 is 15.9 Å². The maximum Gasteiger partial charge on any atom is 0.341 e. The first-order chi connectivity index (χ1) is 7.59. The summed E-state index contributed by atoms with van der Waals surface area (Å²) in [5.74, 6) is -1.62. The standard InChI is InChI=1S/C10H5BrFNO3/c11-7-2-1-5(3-8(7)12)9-6(10(14)15)4-13-16-9/h1-4H,(H,14,15). The zero-order valence-corrected chi connectivity index (χ0v) is 9.36. The number of carboxylic acid groups (broad SMARTS) is 1. The summed E-state index contributed by atoms with van der Waals surface area (Å²) >= 11 is 3.00. The van der Waals surface area contributed by atoms with Crippen LogP contribution in [0.15, 0.2) is 33.4 Å². The molecule has 0 spiro atoms. The number of carbonyl (C=O) groups is 1. The Kier molecular flexibility index (Phi) is 2.74. The van der Waals surface area contributed by atoms with Gasteiger partial charge in [-0.1, -0.05) is 5.16 Å². The quantitative estimate of drug-likeness (QED) is 0.921. The summed E-state index contributed by atoms with van der Waals surface area (Å²) in [5, 5.41) is 12.2. The van der Waals surface area contributed by atoms with E-state index in [2.05, 4.69) is 21.1 Å². The lowest BCUT2D eigenvalue weighted by molar-refractivity contribution is 0.0697. The Labute approximate surface area is 97.8 Å². The number of nitrogens with zero attached hydrogens (tertiary/aromatic N) is 1. The normalized spacial score (nSPS) is 10.4. The highest BCUT2D eigenvalue weighted by atomic mass is 79.9. The summed E-state index contributed by atoms with van der Waals surface area (Å²) in [6.45, 7) is 0. The minimum absolute atomic E-state index is 0.0406. The molecular weight excluding hydrogens is 281 g/mol. The summed E-state index contributed by atoms with van der Waals surface area (Å²) in [7, 11) is 0. The molecule has 0 fully saturated rings. The Morgan fingerprint density at radius 1 is 1.50 bits per heavy atom. The Morgan fingerprint density at radius 3 is 2.88 bits per heavy atom. The van der Waals surface area contributed by atoms with Gasteiger partial charge < -0.3 is 9.63 Å². The van der Waals surface area contributed by atoms with E-state index in [9.17, 15) is 9.18 Å². The fraction of sp³-hybridized carbons (Fsp3) is 0. The van der Waals surface area contributed by atoms with Crippen LogP contribution in [0, 0.1) is 5.82 Å². The Hall–Kier alpha value is -1.69. The Morgan fingerprint density at radius 2 is 2.25 bits per heavy atom. The van der Waals surface area contributed by atoms with Gasteiger partial charge in [0.05, 0.1) is 10.7 Å². The van der Waals surface area contributed by atoms with Gasteiger partial charge in [-0.2, -0.15) is 0 Å². The van der Waals surface area contributed by atoms with Crippen molar-refractivity contribution in [2.75, 3.05) is 0 Å². The topological polar surface area (TPSA) is 63.3 Å². The molecule has 1 heterocycles. The van der Waals surface area contributed by atoms with Crippen molar-refractivity contribution >= 4 is 21.9 Å². The van der Waals surface area contributed by atoms with E-state index in [1.807, 2.05) is 0 Å². The molecule has 82 valence electrons. The fourth-order valence-electron chi connectivity index (χ4n) is 1.24. The second-order valence-electron chi connectivity index (χ2n) is 3.00. The molecule has 0 aliphatic heterocycles. The summed E-state index contributed by atoms with van der Waals surface area (Å²) in [5.41, 5.74) is 0.234. The molecule has 4 nitrogen and oxygen atoms in total. The molecule has 0 radical (unpaired) electrons. The van der Waals surface area contributed by atoms with E-state index in [0.29, 0.717) is 10.0 Å². The van der Waals surface area contributed by atoms with Gasteiger partial charge in [-0.3, -0.25) is 0 Å². The van der Waals surface area contributed by atoms with Crippen LogP contribution < -0.4 is 0 Å². The highest BCUT2D eigenvalue weighted by Crippen LogP contribution is 2.27. The van der Waals surface area contributed by atoms with Crippen LogP contribution in [-0.2, 0) is 0 Å². The third-order valence-electron chi connectivity index (χ3n) is 1.98. The van der Waals surface area contributed by atoms with Crippen molar-refractivity contribution in [1.29, 1.82) is 0 Å². The lowest BCUT2D eigenvalue weighted by Gasteiger charge is -1.99. The third-order valence-corrected chi connectivity index (χ3v) is 2.63. The average molecular weight is 286 g/mol. The van der Waals surface area contributed by atoms with E-state index in [1.54, 1.807) is 6.07 Å². The lowest BCUT2D eigenvalue weighted by atomic mass is 10.1. The summed E-state index contributed by atoms with van der Waals surface area (Å²) in [4.78, 5) is 10.8. The monoisotopic (exact) mass is 285 g/mol. The van der Waals surface area contributed by atoms with Crippen molar-refractivity contribution in [3.63, 3.8) is 0 Å². The highest BCUT2D eigenvalue weighted by molar-refractivity contribution is 9.10. The molecule has 0 bridgehead atoms. The highest BCUT2D eigenvalue weighted by Gasteiger charge is 2.17. The molecule has 2 aromatic rings. The number of halogens is 2. The number of hydrogen-bond acceptors (Lipinski definition) is 3. The van der Waals surface area contributed by atoms with Crippen LogP contribution in [0.4, 0.5) is 4.39 Å². The first kappa shape index (κ1) is 10.8. The maximum absolute atomic E-state index is 13.2. The Bertz CT molecular complexity index is 553. The fourth-order valence-corrected chi connectivity index (χ4v) is 1.48. The van der Waals surface area contributed by atoms with Gasteiger partial charge in [0.25, 0.3) is 0 Å². The number of rotatable bonds is 2. The van der Waals surface area contributed by atoms with Crippen molar-refractivity contribution in [2.45, 2.75) is 0 Å². The van der Waals surface area contributed by atoms with Crippen molar-refractivity contribution in [2.24, 2.45) is 0 Å². The van der Waals surface area contributed by atoms with Crippen LogP contribution in [-0.4, -0.2) is 16.2 Å². The van der Waals surface area contributed by atoms with Gasteiger partial charge in [0, 0.05) is 5.56 Å². The van der Waals surface area contributed by atoms with Crippen molar-refractivity contribution in [3.05, 3.63) is 40.2 Å². The number of aromatic carboxylic acids is 1. The van der Waals surface area contributed by atoms with E-state index in [4.69, 9.17) is 9.63 Å². The van der Waals surface area contributed by atoms with E-state index < -0.39 is 11.8 Å². The molecule has 0 unspecified atom stereocenters. The molecule has 6 heteroatoms. The van der Waals surface area contributed by atoms with E-state index >= 15 is 0 Å². The Balaban J connectivity index is 2.54. The summed E-state index contributed by atoms with van der Waals surface area (Å²) in [6, 6.07) is 4.19. The van der Waals surface area contributed by atoms with Gasteiger partial charge in [0.1, 0.15) is 11.4 Å². The second-order valence-corrected chi connectivity index (χ2v) is 3.86. The molecule has 1 N–H and O–H groups in total. The lowest BCUT2D eigenvalue weighted by Crippen LogP contribution is -1.96. The molecule has 0 saturated heterocycles. The molecule has 16 heavy (non-hydrogen) atoms. The molecule has 1 aromatic carbocycles. The molecule has 1 aromatic heterocycles. The van der Waals surface area contributed by atoms with Gasteiger partial charge in [0.2, 0.25) is 0 Å². The van der Waals surface area contributed by atoms with Gasteiger partial charge in [0.15, 0.2) is 5.76 Å². The first-order valence-corrected chi connectivity index (χ1v) is 5.02. The van der Waals surface area contributed by atoms with Crippen LogP contribution in [0.25, 0.3) is 11.3 Å². The zero-order chi connectivity index (χ0) is 11.7. The van der Waals surface area contributed by atoms with Crippen molar-refractivity contribution in [1.82, 2.24) is 5.16 Å². The number of aromatic nitrogens is 1. The average Bonchev–Trinajstić information content (AvgIpc) is 2.71. The molecule has 0 atom stereocenters.